The summed E-state index contributed by atoms with van der Waals surface area (Å²) in [6.45, 7) is 13.7. The highest BCUT2D eigenvalue weighted by Crippen LogP contribution is 2.39. The fourth-order valence-corrected chi connectivity index (χ4v) is 3.84. The lowest BCUT2D eigenvalue weighted by Gasteiger charge is -2.44. The lowest BCUT2D eigenvalue weighted by molar-refractivity contribution is 0.122. The third-order valence-electron chi connectivity index (χ3n) is 4.56. The van der Waals surface area contributed by atoms with Crippen molar-refractivity contribution in [2.24, 2.45) is 5.41 Å². The van der Waals surface area contributed by atoms with Crippen LogP contribution >= 0.6 is 0 Å². The zero-order valence-corrected chi connectivity index (χ0v) is 14.6. The molecule has 0 amide bonds. The summed E-state index contributed by atoms with van der Waals surface area (Å²) >= 11 is 0. The normalized spacial score (nSPS) is 26.0. The maximum Gasteiger partial charge on any atom is 0.0481 e. The van der Waals surface area contributed by atoms with E-state index in [9.17, 15) is 0 Å². The van der Waals surface area contributed by atoms with E-state index >= 15 is 0 Å². The van der Waals surface area contributed by atoms with Gasteiger partial charge in [-0.15, -0.1) is 0 Å². The van der Waals surface area contributed by atoms with Gasteiger partial charge in [0, 0.05) is 18.6 Å². The molecule has 3 unspecified atom stereocenters. The molecule has 0 spiro atoms. The van der Waals surface area contributed by atoms with Crippen molar-refractivity contribution in [3.8, 4) is 0 Å². The van der Waals surface area contributed by atoms with Gasteiger partial charge < -0.3 is 10.2 Å². The van der Waals surface area contributed by atoms with Crippen LogP contribution in [-0.2, 0) is 0 Å². The summed E-state index contributed by atoms with van der Waals surface area (Å²) in [4.78, 5) is 2.57. The van der Waals surface area contributed by atoms with Gasteiger partial charge in [0.2, 0.25) is 0 Å². The molecule has 2 heteroatoms. The van der Waals surface area contributed by atoms with E-state index in [4.69, 9.17) is 0 Å². The Balaban J connectivity index is 2.29. The summed E-state index contributed by atoms with van der Waals surface area (Å²) in [5, 5.41) is 3.74. The molecule has 0 heterocycles. The maximum absolute atomic E-state index is 3.74. The molecule has 2 rings (SSSR count). The van der Waals surface area contributed by atoms with Crippen LogP contribution < -0.4 is 5.32 Å². The molecule has 1 aromatic rings. The predicted molar refractivity (Wildman–Crippen MR) is 91.8 cm³/mol. The van der Waals surface area contributed by atoms with Crippen molar-refractivity contribution in [3.63, 3.8) is 0 Å². The van der Waals surface area contributed by atoms with E-state index in [-0.39, 0.29) is 0 Å². The maximum atomic E-state index is 3.74. The highest BCUT2D eigenvalue weighted by molar-refractivity contribution is 5.36. The molecule has 3 atom stereocenters. The zero-order chi connectivity index (χ0) is 15.6. The number of nitrogens with one attached hydrogen (secondary N) is 1. The first-order chi connectivity index (χ1) is 9.83. The Morgan fingerprint density at radius 3 is 2.38 bits per heavy atom. The molecular formula is C19H32N2. The Morgan fingerprint density at radius 2 is 1.81 bits per heavy atom. The minimum absolute atomic E-state index is 0.339. The molecule has 0 bridgehead atoms. The predicted octanol–water partition coefficient (Wildman–Crippen LogP) is 4.19. The van der Waals surface area contributed by atoms with E-state index in [0.717, 1.165) is 13.1 Å². The second-order valence-electron chi connectivity index (χ2n) is 7.84. The highest BCUT2D eigenvalue weighted by atomic mass is 15.2. The van der Waals surface area contributed by atoms with Crippen LogP contribution in [0.1, 0.15) is 64.1 Å². The number of hydrogen-bond donors (Lipinski definition) is 1. The van der Waals surface area contributed by atoms with Crippen molar-refractivity contribution < 1.29 is 0 Å². The Hall–Kier alpha value is -0.860. The Kier molecular flexibility index (Phi) is 5.11. The van der Waals surface area contributed by atoms with Crippen LogP contribution in [0, 0.1) is 5.41 Å². The average molecular weight is 288 g/mol. The summed E-state index contributed by atoms with van der Waals surface area (Å²) in [6.07, 6.45) is 1.24. The molecule has 0 fully saturated rings. The smallest absolute Gasteiger partial charge is 0.0481 e. The van der Waals surface area contributed by atoms with Gasteiger partial charge >= 0.3 is 0 Å². The van der Waals surface area contributed by atoms with E-state index in [2.05, 4.69) is 76.1 Å². The van der Waals surface area contributed by atoms with Crippen molar-refractivity contribution in [1.82, 2.24) is 10.2 Å². The summed E-state index contributed by atoms with van der Waals surface area (Å²) in [7, 11) is 2.29. The summed E-state index contributed by atoms with van der Waals surface area (Å²) in [5.74, 6) is 0.642. The molecule has 1 aliphatic rings. The van der Waals surface area contributed by atoms with Crippen molar-refractivity contribution in [3.05, 3.63) is 35.4 Å². The minimum Gasteiger partial charge on any atom is -0.309 e. The van der Waals surface area contributed by atoms with E-state index in [1.165, 1.54) is 17.5 Å². The fraction of sp³-hybridized carbons (Fsp3) is 0.684. The van der Waals surface area contributed by atoms with Crippen LogP contribution in [-0.4, -0.2) is 31.1 Å². The van der Waals surface area contributed by atoms with Gasteiger partial charge in [-0.2, -0.15) is 0 Å². The van der Waals surface area contributed by atoms with Gasteiger partial charge in [0.1, 0.15) is 0 Å². The van der Waals surface area contributed by atoms with E-state index in [0.29, 0.717) is 23.4 Å². The van der Waals surface area contributed by atoms with Gasteiger partial charge in [0.25, 0.3) is 0 Å². The number of rotatable bonds is 4. The molecule has 21 heavy (non-hydrogen) atoms. The van der Waals surface area contributed by atoms with Crippen LogP contribution in [0.15, 0.2) is 24.3 Å². The SMILES string of the molecule is CCNC1c2ccccc2C(C)CC1N(C)CC(C)(C)C. The average Bonchev–Trinajstić information content (AvgIpc) is 2.40. The number of benzene rings is 1. The lowest BCUT2D eigenvalue weighted by atomic mass is 9.77. The van der Waals surface area contributed by atoms with Crippen molar-refractivity contribution in [2.45, 2.75) is 59.0 Å². The van der Waals surface area contributed by atoms with Crippen LogP contribution in [0.5, 0.6) is 0 Å². The number of hydrogen-bond acceptors (Lipinski definition) is 2. The second kappa shape index (κ2) is 6.50. The third-order valence-corrected chi connectivity index (χ3v) is 4.56. The standard InChI is InChI=1S/C19H32N2/c1-7-20-18-16-11-9-8-10-15(16)14(2)12-17(18)21(6)13-19(3,4)5/h8-11,14,17-18,20H,7,12-13H2,1-6H3. The Labute approximate surface area is 130 Å². The summed E-state index contributed by atoms with van der Waals surface area (Å²) < 4.78 is 0. The van der Waals surface area contributed by atoms with Crippen LogP contribution in [0.25, 0.3) is 0 Å². The lowest BCUT2D eigenvalue weighted by Crippen LogP contribution is -2.48. The van der Waals surface area contributed by atoms with Gasteiger partial charge in [0.05, 0.1) is 0 Å². The molecule has 0 aliphatic heterocycles. The van der Waals surface area contributed by atoms with E-state index in [1.54, 1.807) is 0 Å². The highest BCUT2D eigenvalue weighted by Gasteiger charge is 2.35. The molecule has 1 aromatic carbocycles. The molecule has 0 saturated heterocycles. The van der Waals surface area contributed by atoms with Gasteiger partial charge in [-0.3, -0.25) is 0 Å². The number of fused-ring (bicyclic) bond motifs is 1. The molecular weight excluding hydrogens is 256 g/mol. The molecule has 1 aliphatic carbocycles. The number of likely N-dealkylation sites (N-methyl/N-ethyl adjacent to an activating group) is 2. The first kappa shape index (κ1) is 16.5. The fourth-order valence-electron chi connectivity index (χ4n) is 3.84. The van der Waals surface area contributed by atoms with Crippen LogP contribution in [0.2, 0.25) is 0 Å². The Morgan fingerprint density at radius 1 is 1.19 bits per heavy atom. The molecule has 1 N–H and O–H groups in total. The van der Waals surface area contributed by atoms with Crippen molar-refractivity contribution in [2.75, 3.05) is 20.1 Å². The first-order valence-electron chi connectivity index (χ1n) is 8.36. The quantitative estimate of drug-likeness (QED) is 0.893. The molecule has 0 radical (unpaired) electrons. The third kappa shape index (κ3) is 3.87. The minimum atomic E-state index is 0.339. The van der Waals surface area contributed by atoms with E-state index < -0.39 is 0 Å². The monoisotopic (exact) mass is 288 g/mol. The largest absolute Gasteiger partial charge is 0.309 e. The summed E-state index contributed by atoms with van der Waals surface area (Å²) in [6, 6.07) is 10.0. The summed E-state index contributed by atoms with van der Waals surface area (Å²) in [5.41, 5.74) is 3.37. The van der Waals surface area contributed by atoms with Crippen LogP contribution in [0.4, 0.5) is 0 Å². The Bertz CT molecular complexity index is 461. The molecule has 0 aromatic heterocycles. The topological polar surface area (TPSA) is 15.3 Å². The van der Waals surface area contributed by atoms with Crippen molar-refractivity contribution in [1.29, 1.82) is 0 Å². The van der Waals surface area contributed by atoms with E-state index in [1.807, 2.05) is 0 Å². The molecule has 0 saturated carbocycles. The first-order valence-corrected chi connectivity index (χ1v) is 8.36. The molecule has 2 nitrogen and oxygen atoms in total. The second-order valence-corrected chi connectivity index (χ2v) is 7.84. The molecule has 118 valence electrons. The number of nitrogens with zero attached hydrogens (tertiary/aromatic N) is 1. The van der Waals surface area contributed by atoms with Crippen molar-refractivity contribution >= 4 is 0 Å². The van der Waals surface area contributed by atoms with Gasteiger partial charge in [-0.25, -0.2) is 0 Å². The van der Waals surface area contributed by atoms with Gasteiger partial charge in [-0.1, -0.05) is 58.9 Å². The zero-order valence-electron chi connectivity index (χ0n) is 14.6. The van der Waals surface area contributed by atoms with Gasteiger partial charge in [0.15, 0.2) is 0 Å². The van der Waals surface area contributed by atoms with Crippen LogP contribution in [0.3, 0.4) is 0 Å². The van der Waals surface area contributed by atoms with Gasteiger partial charge in [-0.05, 0) is 42.5 Å².